The van der Waals surface area contributed by atoms with Gasteiger partial charge in [-0.05, 0) is 24.8 Å². The first-order chi connectivity index (χ1) is 12.4. The molecule has 0 unspecified atom stereocenters. The van der Waals surface area contributed by atoms with E-state index in [9.17, 15) is 31.1 Å². The number of aromatic nitrogens is 1. The van der Waals surface area contributed by atoms with Crippen molar-refractivity contribution in [2.75, 3.05) is 31.2 Å². The van der Waals surface area contributed by atoms with Crippen molar-refractivity contribution in [3.8, 4) is 5.88 Å². The molecular weight excluding hydrogens is 382 g/mol. The summed E-state index contributed by atoms with van der Waals surface area (Å²) in [5, 5.41) is 0. The molecule has 11 heteroatoms. The summed E-state index contributed by atoms with van der Waals surface area (Å²) in [5.41, 5.74) is -0.256. The molecule has 1 fully saturated rings. The molecule has 0 bridgehead atoms. The molecule has 0 N–H and O–H groups in total. The van der Waals surface area contributed by atoms with Gasteiger partial charge in [-0.25, -0.2) is 4.79 Å². The van der Waals surface area contributed by atoms with Crippen molar-refractivity contribution in [2.45, 2.75) is 32.1 Å². The number of hydrogen-bond donors (Lipinski definition) is 0. The number of halogens is 6. The molecule has 1 aromatic rings. The van der Waals surface area contributed by atoms with Gasteiger partial charge >= 0.3 is 18.3 Å². The summed E-state index contributed by atoms with van der Waals surface area (Å²) in [6.45, 7) is -0.415. The minimum atomic E-state index is -4.69. The van der Waals surface area contributed by atoms with Gasteiger partial charge in [-0.1, -0.05) is 6.92 Å². The van der Waals surface area contributed by atoms with Gasteiger partial charge in [-0.15, -0.1) is 0 Å². The van der Waals surface area contributed by atoms with Crippen molar-refractivity contribution >= 4 is 11.8 Å². The van der Waals surface area contributed by atoms with Gasteiger partial charge in [0.25, 0.3) is 0 Å². The van der Waals surface area contributed by atoms with Crippen molar-refractivity contribution in [3.63, 3.8) is 0 Å². The van der Waals surface area contributed by atoms with E-state index in [1.165, 1.54) is 0 Å². The number of rotatable bonds is 5. The lowest BCUT2D eigenvalue weighted by atomic mass is 9.99. The summed E-state index contributed by atoms with van der Waals surface area (Å²) in [7, 11) is 0. The average molecular weight is 400 g/mol. The number of carbonyl (C=O) groups excluding carboxylic acids is 1. The average Bonchev–Trinajstić information content (AvgIpc) is 2.57. The second-order valence-electron chi connectivity index (χ2n) is 6.29. The second-order valence-corrected chi connectivity index (χ2v) is 6.29. The van der Waals surface area contributed by atoms with Crippen LogP contribution in [0.15, 0.2) is 12.1 Å². The molecule has 152 valence electrons. The third-order valence-electron chi connectivity index (χ3n) is 3.90. The van der Waals surface area contributed by atoms with E-state index >= 15 is 0 Å². The van der Waals surface area contributed by atoms with Crippen molar-refractivity contribution in [1.82, 2.24) is 4.98 Å². The zero-order chi connectivity index (χ0) is 20.2. The predicted molar refractivity (Wildman–Crippen MR) is 82.7 cm³/mol. The Morgan fingerprint density at radius 2 is 1.70 bits per heavy atom. The standard InChI is InChI=1S/C16H18F6N2O3/c1-10-4-6-24(7-5-10)13-11(14(25)27-9-16(20,21)22)2-3-12(23-13)26-8-15(17,18)19/h2-3,10H,4-9H2,1H3. The molecular formula is C16H18F6N2O3. The van der Waals surface area contributed by atoms with E-state index in [2.05, 4.69) is 14.5 Å². The van der Waals surface area contributed by atoms with E-state index in [0.29, 0.717) is 19.0 Å². The third-order valence-corrected chi connectivity index (χ3v) is 3.90. The van der Waals surface area contributed by atoms with Crippen LogP contribution < -0.4 is 9.64 Å². The van der Waals surface area contributed by atoms with E-state index in [4.69, 9.17) is 0 Å². The summed E-state index contributed by atoms with van der Waals surface area (Å²) in [6, 6.07) is 2.05. The summed E-state index contributed by atoms with van der Waals surface area (Å²) in [6.07, 6.45) is -7.79. The Labute approximate surface area is 151 Å². The van der Waals surface area contributed by atoms with Gasteiger partial charge in [0.05, 0.1) is 0 Å². The van der Waals surface area contributed by atoms with Gasteiger partial charge in [0, 0.05) is 19.2 Å². The first-order valence-electron chi connectivity index (χ1n) is 8.14. The molecule has 0 saturated carbocycles. The molecule has 0 aromatic carbocycles. The van der Waals surface area contributed by atoms with Crippen LogP contribution in [0.1, 0.15) is 30.1 Å². The quantitative estimate of drug-likeness (QED) is 0.553. The van der Waals surface area contributed by atoms with Gasteiger partial charge < -0.3 is 14.4 Å². The van der Waals surface area contributed by atoms with Gasteiger partial charge in [-0.2, -0.15) is 31.3 Å². The molecule has 0 atom stereocenters. The number of esters is 1. The predicted octanol–water partition coefficient (Wildman–Crippen LogP) is 3.98. The Hall–Kier alpha value is -2.20. The van der Waals surface area contributed by atoms with E-state index in [1.807, 2.05) is 6.92 Å². The van der Waals surface area contributed by atoms with E-state index in [0.717, 1.165) is 25.0 Å². The SMILES string of the molecule is CC1CCN(c2nc(OCC(F)(F)F)ccc2C(=O)OCC(F)(F)F)CC1. The number of anilines is 1. The van der Waals surface area contributed by atoms with Crippen LogP contribution in [-0.2, 0) is 4.74 Å². The van der Waals surface area contributed by atoms with Crippen LogP contribution in [0.3, 0.4) is 0 Å². The normalized spacial score (nSPS) is 16.3. The maximum atomic E-state index is 12.3. The highest BCUT2D eigenvalue weighted by Crippen LogP contribution is 2.28. The first kappa shape index (κ1) is 21.1. The highest BCUT2D eigenvalue weighted by Gasteiger charge is 2.32. The number of ether oxygens (including phenoxy) is 2. The number of pyridine rings is 1. The third kappa shape index (κ3) is 6.79. The molecule has 1 aliphatic rings. The Morgan fingerprint density at radius 3 is 2.26 bits per heavy atom. The smallest absolute Gasteiger partial charge is 0.422 e. The minimum Gasteiger partial charge on any atom is -0.468 e. The number of hydrogen-bond acceptors (Lipinski definition) is 5. The molecule has 5 nitrogen and oxygen atoms in total. The molecule has 1 aromatic heterocycles. The fourth-order valence-corrected chi connectivity index (χ4v) is 2.51. The Kier molecular flexibility index (Phi) is 6.42. The molecule has 0 spiro atoms. The maximum absolute atomic E-state index is 12.3. The fraction of sp³-hybridized carbons (Fsp3) is 0.625. The summed E-state index contributed by atoms with van der Waals surface area (Å²) < 4.78 is 82.6. The largest absolute Gasteiger partial charge is 0.468 e. The zero-order valence-corrected chi connectivity index (χ0v) is 14.4. The molecule has 0 aliphatic carbocycles. The molecule has 1 saturated heterocycles. The van der Waals surface area contributed by atoms with Crippen LogP contribution in [0.4, 0.5) is 32.2 Å². The van der Waals surface area contributed by atoms with Gasteiger partial charge in [0.1, 0.15) is 11.4 Å². The summed E-state index contributed by atoms with van der Waals surface area (Å²) in [4.78, 5) is 17.6. The highest BCUT2D eigenvalue weighted by molar-refractivity contribution is 5.95. The van der Waals surface area contributed by atoms with Crippen molar-refractivity contribution in [2.24, 2.45) is 5.92 Å². The van der Waals surface area contributed by atoms with Crippen LogP contribution in [0.5, 0.6) is 5.88 Å². The van der Waals surface area contributed by atoms with Crippen molar-refractivity contribution in [3.05, 3.63) is 17.7 Å². The van der Waals surface area contributed by atoms with Gasteiger partial charge in [0.15, 0.2) is 13.2 Å². The zero-order valence-electron chi connectivity index (χ0n) is 14.4. The summed E-state index contributed by atoms with van der Waals surface area (Å²) >= 11 is 0. The molecule has 27 heavy (non-hydrogen) atoms. The van der Waals surface area contributed by atoms with Crippen LogP contribution in [-0.4, -0.2) is 49.6 Å². The van der Waals surface area contributed by atoms with E-state index in [1.54, 1.807) is 4.90 Å². The number of alkyl halides is 6. The lowest BCUT2D eigenvalue weighted by Crippen LogP contribution is -2.35. The lowest BCUT2D eigenvalue weighted by Gasteiger charge is -2.32. The van der Waals surface area contributed by atoms with Crippen LogP contribution in [0.2, 0.25) is 0 Å². The molecule has 1 aliphatic heterocycles. The van der Waals surface area contributed by atoms with Crippen LogP contribution in [0.25, 0.3) is 0 Å². The molecule has 2 rings (SSSR count). The van der Waals surface area contributed by atoms with Crippen molar-refractivity contribution in [1.29, 1.82) is 0 Å². The van der Waals surface area contributed by atoms with Crippen LogP contribution in [0, 0.1) is 5.92 Å². The van der Waals surface area contributed by atoms with Gasteiger partial charge in [-0.3, -0.25) is 0 Å². The number of piperidine rings is 1. The Bertz CT molecular complexity index is 655. The lowest BCUT2D eigenvalue weighted by molar-refractivity contribution is -0.161. The van der Waals surface area contributed by atoms with Crippen molar-refractivity contribution < 1.29 is 40.6 Å². The first-order valence-corrected chi connectivity index (χ1v) is 8.14. The molecule has 0 radical (unpaired) electrons. The maximum Gasteiger partial charge on any atom is 0.422 e. The number of nitrogens with zero attached hydrogens (tertiary/aromatic N) is 2. The molecule has 0 amide bonds. The molecule has 2 heterocycles. The van der Waals surface area contributed by atoms with E-state index < -0.39 is 31.5 Å². The fourth-order valence-electron chi connectivity index (χ4n) is 2.51. The Balaban J connectivity index is 2.24. The van der Waals surface area contributed by atoms with Crippen LogP contribution >= 0.6 is 0 Å². The van der Waals surface area contributed by atoms with E-state index in [-0.39, 0.29) is 17.3 Å². The Morgan fingerprint density at radius 1 is 1.11 bits per heavy atom. The monoisotopic (exact) mass is 400 g/mol. The highest BCUT2D eigenvalue weighted by atomic mass is 19.4. The van der Waals surface area contributed by atoms with Gasteiger partial charge in [0.2, 0.25) is 5.88 Å². The topological polar surface area (TPSA) is 51.7 Å². The summed E-state index contributed by atoms with van der Waals surface area (Å²) in [5.74, 6) is -1.27. The second kappa shape index (κ2) is 8.22. The minimum absolute atomic E-state index is 0.0475. The number of carbonyl (C=O) groups is 1.